The molecule has 0 aliphatic carbocycles. The first-order valence-corrected chi connectivity index (χ1v) is 11.1. The van der Waals surface area contributed by atoms with Crippen LogP contribution in [-0.4, -0.2) is 47.6 Å². The number of ether oxygens (including phenoxy) is 2. The minimum Gasteiger partial charge on any atom is -0.465 e. The van der Waals surface area contributed by atoms with Gasteiger partial charge in [-0.15, -0.1) is 0 Å². The monoisotopic (exact) mass is 482 g/mol. The maximum atomic E-state index is 12.8. The highest BCUT2D eigenvalue weighted by molar-refractivity contribution is 6.20. The van der Waals surface area contributed by atoms with Crippen molar-refractivity contribution in [2.45, 2.75) is 39.3 Å². The van der Waals surface area contributed by atoms with E-state index in [0.29, 0.717) is 5.06 Å². The number of nitrogens with zero attached hydrogens (tertiary/aromatic N) is 1. The van der Waals surface area contributed by atoms with Gasteiger partial charge in [0.05, 0.1) is 17.7 Å². The zero-order valence-electron chi connectivity index (χ0n) is 19.4. The van der Waals surface area contributed by atoms with Crippen molar-refractivity contribution in [2.75, 3.05) is 6.61 Å². The summed E-state index contributed by atoms with van der Waals surface area (Å²) in [5, 5.41) is 2.68. The molecule has 0 fully saturated rings. The van der Waals surface area contributed by atoms with Crippen molar-refractivity contribution in [3.63, 3.8) is 0 Å². The number of esters is 1. The van der Waals surface area contributed by atoms with Gasteiger partial charge in [-0.05, 0) is 30.0 Å². The van der Waals surface area contributed by atoms with E-state index in [1.807, 2.05) is 19.9 Å². The number of hydrogen-bond acceptors (Lipinski definition) is 8. The maximum absolute atomic E-state index is 12.8. The van der Waals surface area contributed by atoms with Crippen molar-refractivity contribution >= 4 is 29.8 Å². The van der Waals surface area contributed by atoms with Crippen LogP contribution in [-0.2, 0) is 30.5 Å². The van der Waals surface area contributed by atoms with Crippen molar-refractivity contribution in [3.05, 3.63) is 71.3 Å². The normalized spacial score (nSPS) is 13.3. The largest absolute Gasteiger partial charge is 0.465 e. The summed E-state index contributed by atoms with van der Waals surface area (Å²) in [4.78, 5) is 67.3. The van der Waals surface area contributed by atoms with Gasteiger partial charge in [0.2, 0.25) is 0 Å². The third-order valence-corrected chi connectivity index (χ3v) is 4.94. The Bertz CT molecular complexity index is 1060. The molecular weight excluding hydrogens is 456 g/mol. The van der Waals surface area contributed by atoms with Crippen LogP contribution in [0.3, 0.4) is 0 Å². The Morgan fingerprint density at radius 2 is 1.49 bits per heavy atom. The van der Waals surface area contributed by atoms with Gasteiger partial charge in [-0.2, -0.15) is 0 Å². The fraction of sp³-hybridized carbons (Fsp3) is 0.320. The Kier molecular flexibility index (Phi) is 8.55. The van der Waals surface area contributed by atoms with E-state index in [0.717, 1.165) is 5.56 Å². The highest BCUT2D eigenvalue weighted by atomic mass is 16.7. The predicted molar refractivity (Wildman–Crippen MR) is 122 cm³/mol. The fourth-order valence-corrected chi connectivity index (χ4v) is 3.15. The number of carbonyl (C=O) groups is 5. The summed E-state index contributed by atoms with van der Waals surface area (Å²) in [6, 6.07) is 13.5. The lowest BCUT2D eigenvalue weighted by atomic mass is 10.1. The number of benzene rings is 2. The lowest BCUT2D eigenvalue weighted by Crippen LogP contribution is -2.46. The van der Waals surface area contributed by atoms with E-state index in [2.05, 4.69) is 5.32 Å². The Hall–Kier alpha value is -4.21. The average Bonchev–Trinajstić information content (AvgIpc) is 3.09. The summed E-state index contributed by atoms with van der Waals surface area (Å²) in [6.07, 6.45) is -1.35. The van der Waals surface area contributed by atoms with Crippen LogP contribution in [0.5, 0.6) is 0 Å². The fourth-order valence-electron chi connectivity index (χ4n) is 3.15. The molecule has 0 aromatic heterocycles. The third kappa shape index (κ3) is 6.89. The van der Waals surface area contributed by atoms with Gasteiger partial charge in [-0.1, -0.05) is 61.4 Å². The van der Waals surface area contributed by atoms with E-state index in [-0.39, 0.29) is 43.1 Å². The number of fused-ring (bicyclic) bond motifs is 1. The number of alkyl carbamates (subject to hydrolysis) is 1. The summed E-state index contributed by atoms with van der Waals surface area (Å²) in [7, 11) is 0. The highest BCUT2D eigenvalue weighted by Gasteiger charge is 2.40. The molecule has 1 unspecified atom stereocenters. The molecule has 10 nitrogen and oxygen atoms in total. The van der Waals surface area contributed by atoms with Crippen LogP contribution in [0.25, 0.3) is 0 Å². The molecular formula is C25H26N2O8. The number of hydrogen-bond donors (Lipinski definition) is 1. The number of nitrogens with one attached hydrogen (secondary N) is 1. The van der Waals surface area contributed by atoms with Gasteiger partial charge < -0.3 is 19.6 Å². The molecule has 3 amide bonds. The van der Waals surface area contributed by atoms with Gasteiger partial charge in [0.15, 0.2) is 0 Å². The molecule has 0 spiro atoms. The van der Waals surface area contributed by atoms with Gasteiger partial charge >= 0.3 is 18.0 Å². The molecule has 0 saturated heterocycles. The van der Waals surface area contributed by atoms with E-state index in [9.17, 15) is 24.0 Å². The third-order valence-electron chi connectivity index (χ3n) is 4.94. The summed E-state index contributed by atoms with van der Waals surface area (Å²) in [5.74, 6) is -3.16. The smallest absolute Gasteiger partial charge is 0.408 e. The van der Waals surface area contributed by atoms with Crippen molar-refractivity contribution in [3.8, 4) is 0 Å². The number of amides is 3. The summed E-state index contributed by atoms with van der Waals surface area (Å²) < 4.78 is 10.2. The van der Waals surface area contributed by atoms with Crippen molar-refractivity contribution in [1.82, 2.24) is 10.4 Å². The SMILES string of the molecule is CC(C)COC(=O)CCC(NC(=O)OCc1ccccc1)C(=O)ON1C(=O)c2ccccc2C1=O. The number of rotatable bonds is 10. The molecule has 2 aromatic rings. The lowest BCUT2D eigenvalue weighted by Gasteiger charge is -2.20. The van der Waals surface area contributed by atoms with Gasteiger partial charge in [-0.25, -0.2) is 9.59 Å². The molecule has 1 aliphatic rings. The first-order valence-electron chi connectivity index (χ1n) is 11.1. The second-order valence-corrected chi connectivity index (χ2v) is 8.23. The molecule has 35 heavy (non-hydrogen) atoms. The molecule has 0 bridgehead atoms. The quantitative estimate of drug-likeness (QED) is 0.404. The second-order valence-electron chi connectivity index (χ2n) is 8.23. The standard InChI is InChI=1S/C25H26N2O8/c1-16(2)14-33-21(28)13-12-20(26-25(32)34-15-17-8-4-3-5-9-17)24(31)35-27-22(29)18-10-6-7-11-19(18)23(27)30/h3-11,16,20H,12-15H2,1-2H3,(H,26,32). The molecule has 1 N–H and O–H groups in total. The van der Waals surface area contributed by atoms with Gasteiger partial charge in [0, 0.05) is 6.42 Å². The molecule has 10 heteroatoms. The van der Waals surface area contributed by atoms with Gasteiger partial charge in [0.1, 0.15) is 12.6 Å². The van der Waals surface area contributed by atoms with E-state index >= 15 is 0 Å². The van der Waals surface area contributed by atoms with Crippen LogP contribution in [0.4, 0.5) is 4.79 Å². The lowest BCUT2D eigenvalue weighted by molar-refractivity contribution is -0.171. The Labute approximate surface area is 202 Å². The van der Waals surface area contributed by atoms with Gasteiger partial charge in [0.25, 0.3) is 11.8 Å². The van der Waals surface area contributed by atoms with E-state index in [1.54, 1.807) is 36.4 Å². The van der Waals surface area contributed by atoms with Crippen molar-refractivity contribution in [1.29, 1.82) is 0 Å². The number of hydroxylamine groups is 2. The van der Waals surface area contributed by atoms with E-state index in [1.165, 1.54) is 12.1 Å². The molecule has 2 aromatic carbocycles. The van der Waals surface area contributed by atoms with Crippen LogP contribution in [0.1, 0.15) is 53.0 Å². The molecule has 1 aliphatic heterocycles. The zero-order chi connectivity index (χ0) is 25.4. The Balaban J connectivity index is 1.64. The van der Waals surface area contributed by atoms with Crippen molar-refractivity contribution in [2.24, 2.45) is 5.92 Å². The van der Waals surface area contributed by atoms with E-state index < -0.39 is 35.9 Å². The van der Waals surface area contributed by atoms with Crippen molar-refractivity contribution < 1.29 is 38.3 Å². The molecule has 184 valence electrons. The molecule has 0 radical (unpaired) electrons. The minimum absolute atomic E-state index is 0.0523. The summed E-state index contributed by atoms with van der Waals surface area (Å²) >= 11 is 0. The molecule has 1 atom stereocenters. The summed E-state index contributed by atoms with van der Waals surface area (Å²) in [5.41, 5.74) is 0.911. The summed E-state index contributed by atoms with van der Waals surface area (Å²) in [6.45, 7) is 3.90. The first kappa shape index (κ1) is 25.4. The second kappa shape index (κ2) is 11.8. The first-order chi connectivity index (χ1) is 16.8. The average molecular weight is 482 g/mol. The number of carbonyl (C=O) groups excluding carboxylic acids is 5. The zero-order valence-corrected chi connectivity index (χ0v) is 19.4. The van der Waals surface area contributed by atoms with E-state index in [4.69, 9.17) is 14.3 Å². The maximum Gasteiger partial charge on any atom is 0.408 e. The number of imide groups is 1. The van der Waals surface area contributed by atoms with Crippen LogP contribution >= 0.6 is 0 Å². The van der Waals surface area contributed by atoms with Crippen LogP contribution in [0, 0.1) is 5.92 Å². The van der Waals surface area contributed by atoms with Crippen LogP contribution < -0.4 is 5.32 Å². The minimum atomic E-state index is -1.38. The highest BCUT2D eigenvalue weighted by Crippen LogP contribution is 2.23. The molecule has 3 rings (SSSR count). The molecule has 1 heterocycles. The van der Waals surface area contributed by atoms with Crippen LogP contribution in [0.2, 0.25) is 0 Å². The predicted octanol–water partition coefficient (Wildman–Crippen LogP) is 3.02. The van der Waals surface area contributed by atoms with Gasteiger partial charge in [-0.3, -0.25) is 14.4 Å². The molecule has 0 saturated carbocycles. The Morgan fingerprint density at radius 1 is 0.886 bits per heavy atom. The Morgan fingerprint density at radius 3 is 2.09 bits per heavy atom. The topological polar surface area (TPSA) is 128 Å². The van der Waals surface area contributed by atoms with Crippen LogP contribution in [0.15, 0.2) is 54.6 Å².